The maximum atomic E-state index is 13.3. The van der Waals surface area contributed by atoms with Crippen LogP contribution in [0.4, 0.5) is 5.82 Å². The zero-order valence-corrected chi connectivity index (χ0v) is 20.3. The molecule has 5 rings (SSSR count). The van der Waals surface area contributed by atoms with Crippen LogP contribution in [0.25, 0.3) is 10.9 Å². The fraction of sp³-hybridized carbons (Fsp3) is 0.375. The maximum absolute atomic E-state index is 13.3. The quantitative estimate of drug-likeness (QED) is 0.558. The van der Waals surface area contributed by atoms with E-state index in [0.29, 0.717) is 54.2 Å². The Balaban J connectivity index is 1.46. The number of hydrogen-bond acceptors (Lipinski definition) is 6. The Kier molecular flexibility index (Phi) is 5.64. The molecule has 178 valence electrons. The molecule has 10 heteroatoms. The Morgan fingerprint density at radius 1 is 1.18 bits per heavy atom. The van der Waals surface area contributed by atoms with Crippen LogP contribution in [-0.2, 0) is 22.9 Å². The molecule has 3 aromatic rings. The predicted octanol–water partition coefficient (Wildman–Crippen LogP) is 2.77. The summed E-state index contributed by atoms with van der Waals surface area (Å²) in [5.74, 6) is 0.140. The minimum absolute atomic E-state index is 0.0682. The van der Waals surface area contributed by atoms with Crippen molar-refractivity contribution in [2.24, 2.45) is 0 Å². The van der Waals surface area contributed by atoms with Crippen LogP contribution in [0.1, 0.15) is 35.2 Å². The molecule has 1 saturated carbocycles. The van der Waals surface area contributed by atoms with Crippen molar-refractivity contribution in [2.75, 3.05) is 24.2 Å². The number of carbonyl (C=O) groups excluding carboxylic acids is 1. The molecule has 1 fully saturated rings. The molecule has 8 nitrogen and oxygen atoms in total. The molecule has 0 bridgehead atoms. The Morgan fingerprint density at radius 2 is 1.91 bits per heavy atom. The minimum Gasteiger partial charge on any atom is -0.351 e. The van der Waals surface area contributed by atoms with Gasteiger partial charge in [-0.05, 0) is 42.7 Å². The van der Waals surface area contributed by atoms with Crippen LogP contribution in [0.3, 0.4) is 0 Å². The first-order valence-electron chi connectivity index (χ1n) is 11.2. The minimum atomic E-state index is -3.23. The van der Waals surface area contributed by atoms with Crippen molar-refractivity contribution in [3.8, 4) is 0 Å². The molecule has 0 unspecified atom stereocenters. The van der Waals surface area contributed by atoms with Gasteiger partial charge in [-0.25, -0.2) is 13.4 Å². The molecule has 3 heterocycles. The zero-order chi connectivity index (χ0) is 24.1. The average Bonchev–Trinajstić information content (AvgIpc) is 2.77. The van der Waals surface area contributed by atoms with Crippen molar-refractivity contribution in [3.05, 3.63) is 69.1 Å². The highest BCUT2D eigenvalue weighted by Crippen LogP contribution is 2.41. The van der Waals surface area contributed by atoms with Gasteiger partial charge in [0.15, 0.2) is 15.7 Å². The van der Waals surface area contributed by atoms with Gasteiger partial charge in [-0.3, -0.25) is 9.59 Å². The predicted molar refractivity (Wildman–Crippen MR) is 132 cm³/mol. The summed E-state index contributed by atoms with van der Waals surface area (Å²) < 4.78 is 25.8. The van der Waals surface area contributed by atoms with Gasteiger partial charge in [0, 0.05) is 49.0 Å². The van der Waals surface area contributed by atoms with Gasteiger partial charge in [-0.2, -0.15) is 0 Å². The van der Waals surface area contributed by atoms with E-state index in [4.69, 9.17) is 11.6 Å². The summed E-state index contributed by atoms with van der Waals surface area (Å²) in [6.07, 6.45) is 5.10. The van der Waals surface area contributed by atoms with Crippen molar-refractivity contribution < 1.29 is 13.2 Å². The monoisotopic (exact) mass is 500 g/mol. The third kappa shape index (κ3) is 3.86. The van der Waals surface area contributed by atoms with E-state index >= 15 is 0 Å². The number of rotatable bonds is 6. The smallest absolute Gasteiger partial charge is 0.264 e. The summed E-state index contributed by atoms with van der Waals surface area (Å²) in [7, 11) is -3.23. The second-order valence-electron chi connectivity index (χ2n) is 9.13. The van der Waals surface area contributed by atoms with Gasteiger partial charge in [0.1, 0.15) is 5.56 Å². The molecule has 2 aliphatic rings. The van der Waals surface area contributed by atoms with Crippen LogP contribution in [-0.4, -0.2) is 48.0 Å². The highest BCUT2D eigenvalue weighted by atomic mass is 35.5. The summed E-state index contributed by atoms with van der Waals surface area (Å²) in [5.41, 5.74) is 1.20. The number of hydrogen-bond donors (Lipinski definition) is 1. The summed E-state index contributed by atoms with van der Waals surface area (Å²) in [6, 6.07) is 10.5. The number of halogens is 1. The molecular formula is C24H25ClN4O4S. The fourth-order valence-corrected chi connectivity index (χ4v) is 6.39. The van der Waals surface area contributed by atoms with Crippen molar-refractivity contribution in [2.45, 2.75) is 37.1 Å². The number of aromatic nitrogens is 2. The summed E-state index contributed by atoms with van der Waals surface area (Å²) in [6.45, 7) is 1.43. The van der Waals surface area contributed by atoms with Crippen molar-refractivity contribution in [1.82, 2.24) is 14.9 Å². The molecule has 1 aromatic carbocycles. The van der Waals surface area contributed by atoms with E-state index in [9.17, 15) is 18.0 Å². The van der Waals surface area contributed by atoms with Crippen LogP contribution in [0.5, 0.6) is 0 Å². The summed E-state index contributed by atoms with van der Waals surface area (Å²) in [4.78, 5) is 32.6. The number of anilines is 1. The molecule has 1 N–H and O–H groups in total. The second-order valence-corrected chi connectivity index (χ2v) is 12.0. The Labute approximate surface area is 202 Å². The van der Waals surface area contributed by atoms with E-state index in [1.165, 1.54) is 6.26 Å². The van der Waals surface area contributed by atoms with Crippen molar-refractivity contribution in [3.63, 3.8) is 0 Å². The maximum Gasteiger partial charge on any atom is 0.264 e. The average molecular weight is 501 g/mol. The molecule has 1 aliphatic heterocycles. The second kappa shape index (κ2) is 8.39. The SMILES string of the molecule is CS(=O)(=O)C1(CN2CCn3c(=O)c(C(=O)NCc4ccc(Cl)cc4)cc4ccnc2c43)CCC1. The molecule has 1 amide bonds. The lowest BCUT2D eigenvalue weighted by Gasteiger charge is -2.44. The normalized spacial score (nSPS) is 16.8. The van der Waals surface area contributed by atoms with Crippen LogP contribution in [0.15, 0.2) is 47.4 Å². The van der Waals surface area contributed by atoms with E-state index < -0.39 is 20.5 Å². The highest BCUT2D eigenvalue weighted by Gasteiger charge is 2.48. The molecular weight excluding hydrogens is 476 g/mol. The van der Waals surface area contributed by atoms with Gasteiger partial charge in [-0.1, -0.05) is 30.2 Å². The van der Waals surface area contributed by atoms with Gasteiger partial charge in [-0.15, -0.1) is 0 Å². The lowest BCUT2D eigenvalue weighted by Crippen LogP contribution is -2.55. The van der Waals surface area contributed by atoms with Crippen LogP contribution < -0.4 is 15.8 Å². The molecule has 0 spiro atoms. The largest absolute Gasteiger partial charge is 0.351 e. The number of amides is 1. The van der Waals surface area contributed by atoms with Gasteiger partial charge in [0.05, 0.1) is 10.3 Å². The lowest BCUT2D eigenvalue weighted by molar-refractivity contribution is 0.0949. The highest BCUT2D eigenvalue weighted by molar-refractivity contribution is 7.92. The third-order valence-corrected chi connectivity index (χ3v) is 9.38. The van der Waals surface area contributed by atoms with Gasteiger partial charge < -0.3 is 14.8 Å². The molecule has 0 atom stereocenters. The number of sulfone groups is 1. The lowest BCUT2D eigenvalue weighted by atomic mass is 9.83. The molecule has 2 aromatic heterocycles. The first-order valence-corrected chi connectivity index (χ1v) is 13.5. The van der Waals surface area contributed by atoms with Crippen molar-refractivity contribution >= 4 is 44.1 Å². The van der Waals surface area contributed by atoms with Crippen molar-refractivity contribution in [1.29, 1.82) is 0 Å². The van der Waals surface area contributed by atoms with Crippen LogP contribution in [0.2, 0.25) is 5.02 Å². The van der Waals surface area contributed by atoms with E-state index in [-0.39, 0.29) is 17.7 Å². The van der Waals surface area contributed by atoms with E-state index in [0.717, 1.165) is 12.0 Å². The van der Waals surface area contributed by atoms with Gasteiger partial charge >= 0.3 is 0 Å². The van der Waals surface area contributed by atoms with E-state index in [1.54, 1.807) is 35.0 Å². The Bertz CT molecular complexity index is 1450. The Morgan fingerprint density at radius 3 is 2.56 bits per heavy atom. The zero-order valence-electron chi connectivity index (χ0n) is 18.8. The standard InChI is InChI=1S/C24H25ClN4O4S/c1-34(32,33)24(8-2-9-24)15-28-11-12-29-20-17(7-10-26-21(20)28)13-19(23(29)31)22(30)27-14-16-3-5-18(25)6-4-16/h3-7,10,13H,2,8-9,11-12,14-15H2,1H3,(H,27,30). The van der Waals surface area contributed by atoms with Crippen LogP contribution >= 0.6 is 11.6 Å². The first kappa shape index (κ1) is 22.9. The molecule has 0 saturated heterocycles. The van der Waals surface area contributed by atoms with E-state index in [2.05, 4.69) is 10.3 Å². The topological polar surface area (TPSA) is 101 Å². The fourth-order valence-electron chi connectivity index (χ4n) is 4.85. The molecule has 0 radical (unpaired) electrons. The molecule has 34 heavy (non-hydrogen) atoms. The number of nitrogens with one attached hydrogen (secondary N) is 1. The number of carbonyl (C=O) groups is 1. The number of pyridine rings is 2. The number of nitrogens with zero attached hydrogens (tertiary/aromatic N) is 3. The first-order chi connectivity index (χ1) is 16.2. The molecule has 1 aliphatic carbocycles. The number of benzene rings is 1. The van der Waals surface area contributed by atoms with Crippen LogP contribution in [0, 0.1) is 0 Å². The summed E-state index contributed by atoms with van der Waals surface area (Å²) >= 11 is 5.91. The Hall–Kier alpha value is -2.91. The van der Waals surface area contributed by atoms with Gasteiger partial charge in [0.2, 0.25) is 0 Å². The third-order valence-electron chi connectivity index (χ3n) is 7.02. The van der Waals surface area contributed by atoms with E-state index in [1.807, 2.05) is 17.0 Å². The summed E-state index contributed by atoms with van der Waals surface area (Å²) in [5, 5.41) is 4.13. The van der Waals surface area contributed by atoms with Gasteiger partial charge in [0.25, 0.3) is 11.5 Å².